The van der Waals surface area contributed by atoms with Gasteiger partial charge in [0.2, 0.25) is 0 Å². The Balaban J connectivity index is 1.93. The van der Waals surface area contributed by atoms with Crippen molar-refractivity contribution in [2.45, 2.75) is 13.5 Å². The number of amides is 1. The Morgan fingerprint density at radius 1 is 1.20 bits per heavy atom. The van der Waals surface area contributed by atoms with E-state index in [9.17, 15) is 4.79 Å². The Hall–Kier alpha value is -2.56. The summed E-state index contributed by atoms with van der Waals surface area (Å²) in [4.78, 5) is 15.7. The lowest BCUT2D eigenvalue weighted by Crippen LogP contribution is -2.22. The molecule has 2 rings (SSSR count). The van der Waals surface area contributed by atoms with Gasteiger partial charge in [-0.1, -0.05) is 0 Å². The number of nitrogens with one attached hydrogen (secondary N) is 2. The molecule has 0 aliphatic heterocycles. The fraction of sp³-hybridized carbons (Fsp3) is 0.200. The number of rotatable bonds is 5. The van der Waals surface area contributed by atoms with Gasteiger partial charge >= 0.3 is 0 Å². The second kappa shape index (κ2) is 6.56. The summed E-state index contributed by atoms with van der Waals surface area (Å²) in [6, 6.07) is 10.6. The monoisotopic (exact) mass is 271 g/mol. The van der Waals surface area contributed by atoms with E-state index in [-0.39, 0.29) is 11.7 Å². The van der Waals surface area contributed by atoms with E-state index >= 15 is 0 Å². The number of aromatic nitrogens is 1. The maximum atomic E-state index is 11.6. The van der Waals surface area contributed by atoms with Gasteiger partial charge in [0.05, 0.1) is 18.4 Å². The van der Waals surface area contributed by atoms with E-state index in [0.29, 0.717) is 18.7 Å². The maximum absolute atomic E-state index is 11.6. The Bertz CT molecular complexity index is 565. The summed E-state index contributed by atoms with van der Waals surface area (Å²) in [5, 5.41) is 15.1. The van der Waals surface area contributed by atoms with Crippen LogP contribution < -0.4 is 10.6 Å². The van der Waals surface area contributed by atoms with Crippen molar-refractivity contribution in [3.05, 3.63) is 53.9 Å². The van der Waals surface area contributed by atoms with Crippen LogP contribution in [0.3, 0.4) is 0 Å². The molecule has 0 spiro atoms. The SMILES string of the molecule is CCNC(=O)c1ccc(NCc2ccc(O)cn2)cc1. The van der Waals surface area contributed by atoms with Crippen LogP contribution in [0, 0.1) is 0 Å². The van der Waals surface area contributed by atoms with E-state index in [2.05, 4.69) is 15.6 Å². The summed E-state index contributed by atoms with van der Waals surface area (Å²) < 4.78 is 0. The topological polar surface area (TPSA) is 74.2 Å². The minimum absolute atomic E-state index is 0.0701. The van der Waals surface area contributed by atoms with Crippen molar-refractivity contribution in [1.82, 2.24) is 10.3 Å². The van der Waals surface area contributed by atoms with Crippen LogP contribution in [-0.4, -0.2) is 22.5 Å². The van der Waals surface area contributed by atoms with Gasteiger partial charge in [-0.05, 0) is 43.3 Å². The highest BCUT2D eigenvalue weighted by Crippen LogP contribution is 2.12. The molecule has 0 saturated heterocycles. The van der Waals surface area contributed by atoms with Crippen molar-refractivity contribution >= 4 is 11.6 Å². The number of hydrogen-bond acceptors (Lipinski definition) is 4. The lowest BCUT2D eigenvalue weighted by molar-refractivity contribution is 0.0956. The van der Waals surface area contributed by atoms with Crippen LogP contribution in [0.4, 0.5) is 5.69 Å². The van der Waals surface area contributed by atoms with Gasteiger partial charge in [0, 0.05) is 17.8 Å². The molecule has 0 unspecified atom stereocenters. The average Bonchev–Trinajstić information content (AvgIpc) is 2.47. The minimum atomic E-state index is -0.0701. The highest BCUT2D eigenvalue weighted by atomic mass is 16.3. The summed E-state index contributed by atoms with van der Waals surface area (Å²) in [5.74, 6) is 0.0827. The molecular formula is C15H17N3O2. The Morgan fingerprint density at radius 3 is 2.55 bits per heavy atom. The summed E-state index contributed by atoms with van der Waals surface area (Å²) in [5.41, 5.74) is 2.38. The molecule has 2 aromatic rings. The predicted molar refractivity (Wildman–Crippen MR) is 77.7 cm³/mol. The van der Waals surface area contributed by atoms with Crippen LogP contribution >= 0.6 is 0 Å². The van der Waals surface area contributed by atoms with Gasteiger partial charge in [0.1, 0.15) is 5.75 Å². The molecule has 0 fully saturated rings. The molecule has 0 aliphatic rings. The number of nitrogens with zero attached hydrogens (tertiary/aromatic N) is 1. The first-order valence-corrected chi connectivity index (χ1v) is 6.45. The van der Waals surface area contributed by atoms with Crippen LogP contribution in [-0.2, 0) is 6.54 Å². The van der Waals surface area contributed by atoms with Crippen LogP contribution in [0.2, 0.25) is 0 Å². The molecule has 20 heavy (non-hydrogen) atoms. The van der Waals surface area contributed by atoms with E-state index in [1.807, 2.05) is 19.1 Å². The Kier molecular flexibility index (Phi) is 4.55. The van der Waals surface area contributed by atoms with Gasteiger partial charge in [-0.25, -0.2) is 0 Å². The zero-order valence-electron chi connectivity index (χ0n) is 11.3. The molecule has 0 bridgehead atoms. The van der Waals surface area contributed by atoms with Gasteiger partial charge in [-0.2, -0.15) is 0 Å². The first-order chi connectivity index (χ1) is 9.69. The average molecular weight is 271 g/mol. The quantitative estimate of drug-likeness (QED) is 0.779. The van der Waals surface area contributed by atoms with Crippen LogP contribution in [0.5, 0.6) is 5.75 Å². The fourth-order valence-electron chi connectivity index (χ4n) is 1.72. The smallest absolute Gasteiger partial charge is 0.251 e. The van der Waals surface area contributed by atoms with Gasteiger partial charge < -0.3 is 15.7 Å². The molecule has 0 saturated carbocycles. The predicted octanol–water partition coefficient (Wildman–Crippen LogP) is 2.15. The number of carbonyl (C=O) groups excluding carboxylic acids is 1. The van der Waals surface area contributed by atoms with Gasteiger partial charge in [0.25, 0.3) is 5.91 Å². The van der Waals surface area contributed by atoms with Crippen LogP contribution in [0.1, 0.15) is 23.0 Å². The maximum Gasteiger partial charge on any atom is 0.251 e. The number of carbonyl (C=O) groups is 1. The summed E-state index contributed by atoms with van der Waals surface area (Å²) in [7, 11) is 0. The summed E-state index contributed by atoms with van der Waals surface area (Å²) in [6.07, 6.45) is 1.41. The third-order valence-electron chi connectivity index (χ3n) is 2.77. The van der Waals surface area contributed by atoms with E-state index < -0.39 is 0 Å². The molecule has 1 aromatic carbocycles. The van der Waals surface area contributed by atoms with Crippen LogP contribution in [0.15, 0.2) is 42.6 Å². The largest absolute Gasteiger partial charge is 0.506 e. The summed E-state index contributed by atoms with van der Waals surface area (Å²) >= 11 is 0. The first-order valence-electron chi connectivity index (χ1n) is 6.45. The standard InChI is InChI=1S/C15H17N3O2/c1-2-16-15(20)11-3-5-12(6-4-11)17-9-13-7-8-14(19)10-18-13/h3-8,10,17,19H,2,9H2,1H3,(H,16,20). The molecule has 5 heteroatoms. The third-order valence-corrected chi connectivity index (χ3v) is 2.77. The van der Waals surface area contributed by atoms with Gasteiger partial charge in [-0.3, -0.25) is 9.78 Å². The number of aromatic hydroxyl groups is 1. The molecule has 3 N–H and O–H groups in total. The van der Waals surface area contributed by atoms with Gasteiger partial charge in [-0.15, -0.1) is 0 Å². The zero-order chi connectivity index (χ0) is 14.4. The van der Waals surface area contributed by atoms with Crippen molar-refractivity contribution in [2.75, 3.05) is 11.9 Å². The van der Waals surface area contributed by atoms with E-state index in [0.717, 1.165) is 11.4 Å². The van der Waals surface area contributed by atoms with Crippen molar-refractivity contribution in [2.24, 2.45) is 0 Å². The van der Waals surface area contributed by atoms with Gasteiger partial charge in [0.15, 0.2) is 0 Å². The third kappa shape index (κ3) is 3.71. The molecule has 1 amide bonds. The molecule has 0 atom stereocenters. The molecule has 0 radical (unpaired) electrons. The number of hydrogen-bond donors (Lipinski definition) is 3. The number of pyridine rings is 1. The highest BCUT2D eigenvalue weighted by Gasteiger charge is 2.03. The lowest BCUT2D eigenvalue weighted by Gasteiger charge is -2.07. The molecule has 0 aliphatic carbocycles. The lowest BCUT2D eigenvalue weighted by atomic mass is 10.2. The van der Waals surface area contributed by atoms with E-state index in [1.165, 1.54) is 6.20 Å². The zero-order valence-corrected chi connectivity index (χ0v) is 11.3. The molecular weight excluding hydrogens is 254 g/mol. The van der Waals surface area contributed by atoms with Crippen molar-refractivity contribution in [3.63, 3.8) is 0 Å². The van der Waals surface area contributed by atoms with Crippen molar-refractivity contribution < 1.29 is 9.90 Å². The molecule has 1 heterocycles. The normalized spacial score (nSPS) is 10.1. The second-order valence-corrected chi connectivity index (χ2v) is 4.30. The molecule has 1 aromatic heterocycles. The Labute approximate surface area is 117 Å². The second-order valence-electron chi connectivity index (χ2n) is 4.30. The van der Waals surface area contributed by atoms with E-state index in [1.54, 1.807) is 24.3 Å². The van der Waals surface area contributed by atoms with Crippen LogP contribution in [0.25, 0.3) is 0 Å². The number of anilines is 1. The number of benzene rings is 1. The highest BCUT2D eigenvalue weighted by molar-refractivity contribution is 5.94. The fourth-order valence-corrected chi connectivity index (χ4v) is 1.72. The minimum Gasteiger partial charge on any atom is -0.506 e. The molecule has 5 nitrogen and oxygen atoms in total. The van der Waals surface area contributed by atoms with Crippen molar-refractivity contribution in [3.8, 4) is 5.75 Å². The van der Waals surface area contributed by atoms with Crippen molar-refractivity contribution in [1.29, 1.82) is 0 Å². The molecule has 104 valence electrons. The van der Waals surface area contributed by atoms with E-state index in [4.69, 9.17) is 5.11 Å². The first kappa shape index (κ1) is 13.9. The Morgan fingerprint density at radius 2 is 1.95 bits per heavy atom. The summed E-state index contributed by atoms with van der Waals surface area (Å²) in [6.45, 7) is 3.06.